The summed E-state index contributed by atoms with van der Waals surface area (Å²) in [7, 11) is 1.72. The van der Waals surface area contributed by atoms with Gasteiger partial charge in [0.05, 0.1) is 0 Å². The predicted octanol–water partition coefficient (Wildman–Crippen LogP) is 2.12. The molecule has 0 saturated carbocycles. The van der Waals surface area contributed by atoms with E-state index in [1.165, 1.54) is 0 Å². The highest BCUT2D eigenvalue weighted by Crippen LogP contribution is 2.33. The molecule has 3 rings (SSSR count). The van der Waals surface area contributed by atoms with Crippen molar-refractivity contribution in [3.8, 4) is 11.4 Å². The molecule has 5 nitrogen and oxygen atoms in total. The number of ether oxygens (including phenoxy) is 2. The smallest absolute Gasteiger partial charge is 0.181 e. The van der Waals surface area contributed by atoms with Crippen LogP contribution in [0.4, 0.5) is 0 Å². The molecular weight excluding hydrogens is 242 g/mol. The molecule has 0 aliphatic carbocycles. The lowest BCUT2D eigenvalue weighted by atomic mass is 9.93. The second-order valence-electron chi connectivity index (χ2n) is 4.68. The summed E-state index contributed by atoms with van der Waals surface area (Å²) in [6, 6.07) is 9.93. The van der Waals surface area contributed by atoms with E-state index < -0.39 is 5.60 Å². The van der Waals surface area contributed by atoms with Crippen LogP contribution in [0.3, 0.4) is 0 Å². The van der Waals surface area contributed by atoms with E-state index in [9.17, 15) is 0 Å². The Bertz CT molecular complexity index is 533. The van der Waals surface area contributed by atoms with Crippen LogP contribution < -0.4 is 0 Å². The van der Waals surface area contributed by atoms with Gasteiger partial charge in [0.15, 0.2) is 11.6 Å². The van der Waals surface area contributed by atoms with Gasteiger partial charge < -0.3 is 9.47 Å². The third-order valence-electron chi connectivity index (χ3n) is 3.64. The molecule has 2 heterocycles. The molecule has 1 N–H and O–H groups in total. The van der Waals surface area contributed by atoms with Gasteiger partial charge in [-0.1, -0.05) is 30.3 Å². The van der Waals surface area contributed by atoms with Crippen molar-refractivity contribution in [1.29, 1.82) is 0 Å². The monoisotopic (exact) mass is 259 g/mol. The van der Waals surface area contributed by atoms with Crippen LogP contribution in [-0.2, 0) is 15.1 Å². The van der Waals surface area contributed by atoms with Crippen molar-refractivity contribution in [1.82, 2.24) is 15.2 Å². The van der Waals surface area contributed by atoms with E-state index in [1.54, 1.807) is 7.11 Å². The molecule has 0 atom stereocenters. The number of H-pyrrole nitrogens is 1. The average Bonchev–Trinajstić information content (AvgIpc) is 2.99. The molecule has 0 bridgehead atoms. The Morgan fingerprint density at radius 2 is 1.95 bits per heavy atom. The van der Waals surface area contributed by atoms with Crippen molar-refractivity contribution in [2.45, 2.75) is 18.4 Å². The maximum atomic E-state index is 5.70. The molecular formula is C14H17N3O2. The van der Waals surface area contributed by atoms with Crippen molar-refractivity contribution in [3.63, 3.8) is 0 Å². The van der Waals surface area contributed by atoms with E-state index in [1.807, 2.05) is 30.3 Å². The topological polar surface area (TPSA) is 60.0 Å². The van der Waals surface area contributed by atoms with Crippen LogP contribution in [0.5, 0.6) is 0 Å². The molecule has 1 aromatic carbocycles. The number of aromatic amines is 1. The van der Waals surface area contributed by atoms with Crippen molar-refractivity contribution < 1.29 is 9.47 Å². The molecule has 0 radical (unpaired) electrons. The second kappa shape index (κ2) is 5.11. The first-order valence-electron chi connectivity index (χ1n) is 6.45. The van der Waals surface area contributed by atoms with Gasteiger partial charge in [-0.25, -0.2) is 4.98 Å². The van der Waals surface area contributed by atoms with Gasteiger partial charge in [-0.3, -0.25) is 5.10 Å². The van der Waals surface area contributed by atoms with E-state index in [0.717, 1.165) is 24.2 Å². The van der Waals surface area contributed by atoms with E-state index in [4.69, 9.17) is 9.47 Å². The van der Waals surface area contributed by atoms with Crippen LogP contribution in [0.25, 0.3) is 11.4 Å². The SMILES string of the molecule is COC1(c2nc(-c3ccccc3)n[nH]2)CCOCC1. The van der Waals surface area contributed by atoms with Gasteiger partial charge in [0.1, 0.15) is 5.60 Å². The van der Waals surface area contributed by atoms with Gasteiger partial charge in [0.2, 0.25) is 0 Å². The summed E-state index contributed by atoms with van der Waals surface area (Å²) in [6.07, 6.45) is 1.60. The van der Waals surface area contributed by atoms with E-state index in [-0.39, 0.29) is 0 Å². The van der Waals surface area contributed by atoms with Crippen LogP contribution in [0.1, 0.15) is 18.7 Å². The zero-order chi connectivity index (χ0) is 13.1. The molecule has 1 fully saturated rings. The normalized spacial score (nSPS) is 18.4. The Morgan fingerprint density at radius 1 is 1.21 bits per heavy atom. The second-order valence-corrected chi connectivity index (χ2v) is 4.68. The lowest BCUT2D eigenvalue weighted by molar-refractivity contribution is -0.0997. The number of nitrogens with one attached hydrogen (secondary N) is 1. The predicted molar refractivity (Wildman–Crippen MR) is 70.6 cm³/mol. The van der Waals surface area contributed by atoms with E-state index >= 15 is 0 Å². The molecule has 2 aromatic rings. The molecule has 19 heavy (non-hydrogen) atoms. The molecule has 1 saturated heterocycles. The van der Waals surface area contributed by atoms with Crippen LogP contribution >= 0.6 is 0 Å². The minimum Gasteiger partial charge on any atom is -0.381 e. The molecule has 0 unspecified atom stereocenters. The Kier molecular flexibility index (Phi) is 3.31. The number of benzene rings is 1. The van der Waals surface area contributed by atoms with Crippen molar-refractivity contribution in [2.24, 2.45) is 0 Å². The third-order valence-corrected chi connectivity index (χ3v) is 3.64. The number of rotatable bonds is 3. The molecule has 0 amide bonds. The van der Waals surface area contributed by atoms with Crippen LogP contribution in [0.2, 0.25) is 0 Å². The Hall–Kier alpha value is -1.72. The van der Waals surface area contributed by atoms with Crippen molar-refractivity contribution >= 4 is 0 Å². The largest absolute Gasteiger partial charge is 0.381 e. The van der Waals surface area contributed by atoms with E-state index in [2.05, 4.69) is 15.2 Å². The Labute approximate surface area is 112 Å². The van der Waals surface area contributed by atoms with Gasteiger partial charge in [0, 0.05) is 38.7 Å². The molecule has 1 aliphatic heterocycles. The maximum Gasteiger partial charge on any atom is 0.181 e. The highest BCUT2D eigenvalue weighted by Gasteiger charge is 2.37. The first-order valence-corrected chi connectivity index (χ1v) is 6.45. The zero-order valence-electron chi connectivity index (χ0n) is 10.9. The first kappa shape index (κ1) is 12.3. The van der Waals surface area contributed by atoms with Gasteiger partial charge >= 0.3 is 0 Å². The molecule has 1 aromatic heterocycles. The Balaban J connectivity index is 1.92. The van der Waals surface area contributed by atoms with Gasteiger partial charge in [-0.05, 0) is 0 Å². The van der Waals surface area contributed by atoms with Crippen molar-refractivity contribution in [2.75, 3.05) is 20.3 Å². The molecule has 100 valence electrons. The Morgan fingerprint density at radius 3 is 2.63 bits per heavy atom. The highest BCUT2D eigenvalue weighted by atomic mass is 16.5. The first-order chi connectivity index (χ1) is 9.34. The summed E-state index contributed by atoms with van der Waals surface area (Å²) in [4.78, 5) is 4.60. The third kappa shape index (κ3) is 2.27. The minimum absolute atomic E-state index is 0.391. The summed E-state index contributed by atoms with van der Waals surface area (Å²) in [5, 5.41) is 7.32. The summed E-state index contributed by atoms with van der Waals surface area (Å²) in [5.74, 6) is 1.50. The number of hydrogen-bond acceptors (Lipinski definition) is 4. The van der Waals surface area contributed by atoms with E-state index in [0.29, 0.717) is 19.0 Å². The fourth-order valence-electron chi connectivity index (χ4n) is 2.42. The number of methoxy groups -OCH3 is 1. The summed E-state index contributed by atoms with van der Waals surface area (Å²) in [5.41, 5.74) is 0.612. The molecule has 0 spiro atoms. The van der Waals surface area contributed by atoms with Crippen LogP contribution in [-0.4, -0.2) is 35.5 Å². The number of hydrogen-bond donors (Lipinski definition) is 1. The fraction of sp³-hybridized carbons (Fsp3) is 0.429. The molecule has 1 aliphatic rings. The van der Waals surface area contributed by atoms with Gasteiger partial charge in [0.25, 0.3) is 0 Å². The standard InChI is InChI=1S/C14H17N3O2/c1-18-14(7-9-19-10-8-14)13-15-12(16-17-13)11-5-3-2-4-6-11/h2-6H,7-10H2,1H3,(H,15,16,17). The number of nitrogens with zero attached hydrogens (tertiary/aromatic N) is 2. The lowest BCUT2D eigenvalue weighted by Crippen LogP contribution is -2.36. The summed E-state index contributed by atoms with van der Waals surface area (Å²) < 4.78 is 11.1. The quantitative estimate of drug-likeness (QED) is 0.917. The molecule has 5 heteroatoms. The zero-order valence-corrected chi connectivity index (χ0v) is 10.9. The number of aromatic nitrogens is 3. The summed E-state index contributed by atoms with van der Waals surface area (Å²) in [6.45, 7) is 1.38. The van der Waals surface area contributed by atoms with Gasteiger partial charge in [-0.2, -0.15) is 5.10 Å². The van der Waals surface area contributed by atoms with Crippen molar-refractivity contribution in [3.05, 3.63) is 36.2 Å². The summed E-state index contributed by atoms with van der Waals surface area (Å²) >= 11 is 0. The fourth-order valence-corrected chi connectivity index (χ4v) is 2.42. The van der Waals surface area contributed by atoms with Crippen LogP contribution in [0, 0.1) is 0 Å². The average molecular weight is 259 g/mol. The minimum atomic E-state index is -0.391. The lowest BCUT2D eigenvalue weighted by Gasteiger charge is -2.33. The maximum absolute atomic E-state index is 5.70. The highest BCUT2D eigenvalue weighted by molar-refractivity contribution is 5.54. The van der Waals surface area contributed by atoms with Crippen LogP contribution in [0.15, 0.2) is 30.3 Å². The van der Waals surface area contributed by atoms with Gasteiger partial charge in [-0.15, -0.1) is 0 Å².